The Morgan fingerprint density at radius 1 is 1.07 bits per heavy atom. The second-order valence-electron chi connectivity index (χ2n) is 6.46. The number of esters is 1. The molecule has 0 aromatic heterocycles. The Kier molecular flexibility index (Phi) is 7.08. The largest absolute Gasteiger partial charge is 0.507 e. The van der Waals surface area contributed by atoms with E-state index in [9.17, 15) is 39.4 Å². The minimum atomic E-state index is -2.00. The fourth-order valence-electron chi connectivity index (χ4n) is 2.71. The Labute approximate surface area is 170 Å². The molecule has 0 unspecified atom stereocenters. The highest BCUT2D eigenvalue weighted by molar-refractivity contribution is 5.95. The van der Waals surface area contributed by atoms with Crippen molar-refractivity contribution in [2.45, 2.75) is 38.6 Å². The van der Waals surface area contributed by atoms with E-state index in [1.165, 1.54) is 12.1 Å². The number of nitrogens with zero attached hydrogens (tertiary/aromatic N) is 1. The number of carbonyl (C=O) groups excluding carboxylic acids is 5. The molecule has 1 fully saturated rings. The first kappa shape index (κ1) is 22.8. The summed E-state index contributed by atoms with van der Waals surface area (Å²) >= 11 is 0. The summed E-state index contributed by atoms with van der Waals surface area (Å²) in [4.78, 5) is 60.5. The predicted molar refractivity (Wildman–Crippen MR) is 94.2 cm³/mol. The number of quaternary nitrogens is 1. The van der Waals surface area contributed by atoms with Crippen LogP contribution in [0.3, 0.4) is 0 Å². The second kappa shape index (κ2) is 9.33. The molecule has 0 bridgehead atoms. The Morgan fingerprint density at radius 3 is 2.17 bits per heavy atom. The summed E-state index contributed by atoms with van der Waals surface area (Å²) in [5.41, 5.74) is -0.0893. The molecule has 12 nitrogen and oxygen atoms in total. The molecule has 0 atom stereocenters. The molecule has 2 rings (SSSR count). The van der Waals surface area contributed by atoms with Gasteiger partial charge in [-0.2, -0.15) is 5.21 Å². The molecule has 1 heterocycles. The number of methoxy groups -OCH3 is 1. The molecule has 1 aliphatic heterocycles. The summed E-state index contributed by atoms with van der Waals surface area (Å²) < 4.78 is 4.44. The molecule has 0 saturated carbocycles. The monoisotopic (exact) mass is 425 g/mol. The number of hydroxylamine groups is 4. The van der Waals surface area contributed by atoms with Crippen LogP contribution in [0, 0.1) is 0 Å². The van der Waals surface area contributed by atoms with Gasteiger partial charge in [-0.25, -0.2) is 24.0 Å². The van der Waals surface area contributed by atoms with Gasteiger partial charge in [-0.15, -0.1) is 0 Å². The van der Waals surface area contributed by atoms with Crippen LogP contribution in [0.1, 0.15) is 48.0 Å². The average molecular weight is 425 g/mol. The molecule has 1 aromatic rings. The molecule has 3 amide bonds. The molecule has 30 heavy (non-hydrogen) atoms. The van der Waals surface area contributed by atoms with Crippen LogP contribution in [0.15, 0.2) is 12.1 Å². The van der Waals surface area contributed by atoms with Crippen molar-refractivity contribution in [1.82, 2.24) is 5.32 Å². The van der Waals surface area contributed by atoms with Gasteiger partial charge in [0.1, 0.15) is 21.9 Å². The third-order valence-electron chi connectivity index (χ3n) is 4.28. The normalized spacial score (nSPS) is 15.0. The number of hydrogen-bond donors (Lipinski definition) is 4. The number of carbonyl (C=O) groups is 5. The summed E-state index contributed by atoms with van der Waals surface area (Å²) in [6, 6.07) is 2.36. The van der Waals surface area contributed by atoms with E-state index in [-0.39, 0.29) is 38.6 Å². The van der Waals surface area contributed by atoms with Crippen molar-refractivity contribution in [3.63, 3.8) is 0 Å². The highest BCUT2D eigenvalue weighted by Crippen LogP contribution is 2.29. The van der Waals surface area contributed by atoms with Gasteiger partial charge in [-0.3, -0.25) is 4.79 Å². The SMILES string of the molecule is COC(=O)c1c(O)cc(CNC(=O)CCCC(=O)O[N+]2(O)C(=O)CCC2=O)cc1O. The number of ether oxygens (including phenoxy) is 1. The van der Waals surface area contributed by atoms with Gasteiger partial charge in [0.25, 0.3) is 0 Å². The smallest absolute Gasteiger partial charge is 0.397 e. The van der Waals surface area contributed by atoms with E-state index in [4.69, 9.17) is 0 Å². The van der Waals surface area contributed by atoms with Crippen LogP contribution in [-0.4, -0.2) is 57.0 Å². The molecular weight excluding hydrogens is 404 g/mol. The van der Waals surface area contributed by atoms with Crippen molar-refractivity contribution in [3.05, 3.63) is 23.3 Å². The quantitative estimate of drug-likeness (QED) is 0.194. The predicted octanol–water partition coefficient (Wildman–Crippen LogP) is 0.182. The summed E-state index contributed by atoms with van der Waals surface area (Å²) in [5.74, 6) is -5.30. The molecular formula is C18H21N2O10+. The van der Waals surface area contributed by atoms with Crippen LogP contribution in [-0.2, 0) is 35.3 Å². The van der Waals surface area contributed by atoms with Crippen LogP contribution in [0.2, 0.25) is 0 Å². The number of phenols is 2. The van der Waals surface area contributed by atoms with Crippen LogP contribution < -0.4 is 5.32 Å². The fraction of sp³-hybridized carbons (Fsp3) is 0.389. The maximum absolute atomic E-state index is 11.9. The van der Waals surface area contributed by atoms with Gasteiger partial charge in [0.2, 0.25) is 5.91 Å². The highest BCUT2D eigenvalue weighted by atomic mass is 17.0. The average Bonchev–Trinajstić information content (AvgIpc) is 2.92. The molecule has 1 saturated heterocycles. The van der Waals surface area contributed by atoms with Crippen LogP contribution in [0.5, 0.6) is 11.5 Å². The highest BCUT2D eigenvalue weighted by Gasteiger charge is 2.55. The molecule has 4 N–H and O–H groups in total. The van der Waals surface area contributed by atoms with E-state index in [2.05, 4.69) is 14.9 Å². The number of amides is 3. The van der Waals surface area contributed by atoms with Gasteiger partial charge in [-0.1, -0.05) is 0 Å². The van der Waals surface area contributed by atoms with Crippen molar-refractivity contribution in [2.24, 2.45) is 0 Å². The number of nitrogens with one attached hydrogen (secondary N) is 1. The van der Waals surface area contributed by atoms with E-state index in [0.29, 0.717) is 5.56 Å². The molecule has 0 aliphatic carbocycles. The van der Waals surface area contributed by atoms with Crippen molar-refractivity contribution in [3.8, 4) is 11.5 Å². The van der Waals surface area contributed by atoms with Crippen molar-refractivity contribution in [1.29, 1.82) is 0 Å². The fourth-order valence-corrected chi connectivity index (χ4v) is 2.71. The van der Waals surface area contributed by atoms with E-state index < -0.39 is 51.5 Å². The maximum atomic E-state index is 11.9. The minimum absolute atomic E-state index is 0.0187. The number of imide groups is 1. The zero-order chi connectivity index (χ0) is 22.5. The first-order valence-electron chi connectivity index (χ1n) is 8.89. The summed E-state index contributed by atoms with van der Waals surface area (Å²) in [6.07, 6.45) is -0.858. The third kappa shape index (κ3) is 5.10. The standard InChI is InChI=1S/C18H20N2O10/c1-29-18(27)17-11(21)7-10(8-12(17)22)9-19-13(23)3-2-4-16(26)30-20(28)14(24)5-6-15(20)25/h7-8,28H,2-6,9H2,1H3,(H2-,19,21,22,23,27)/p+1. The van der Waals surface area contributed by atoms with E-state index in [0.717, 1.165) is 7.11 Å². The first-order valence-corrected chi connectivity index (χ1v) is 8.89. The molecule has 0 spiro atoms. The van der Waals surface area contributed by atoms with Crippen LogP contribution >= 0.6 is 0 Å². The Bertz CT molecular complexity index is 856. The Hall–Kier alpha value is -3.51. The lowest BCUT2D eigenvalue weighted by Crippen LogP contribution is -2.50. The number of aromatic hydroxyl groups is 2. The van der Waals surface area contributed by atoms with Crippen molar-refractivity contribution in [2.75, 3.05) is 7.11 Å². The van der Waals surface area contributed by atoms with Gasteiger partial charge in [-0.05, 0) is 24.1 Å². The van der Waals surface area contributed by atoms with E-state index in [1.54, 1.807) is 0 Å². The number of rotatable bonds is 8. The van der Waals surface area contributed by atoms with Gasteiger partial charge in [0.05, 0.1) is 26.4 Å². The molecule has 12 heteroatoms. The number of phenolic OH excluding ortho intramolecular Hbond substituents is 2. The number of benzene rings is 1. The minimum Gasteiger partial charge on any atom is -0.507 e. The Morgan fingerprint density at radius 2 is 1.63 bits per heavy atom. The van der Waals surface area contributed by atoms with Crippen molar-refractivity contribution >= 4 is 29.7 Å². The Balaban J connectivity index is 1.79. The van der Waals surface area contributed by atoms with Crippen molar-refractivity contribution < 1.29 is 53.8 Å². The van der Waals surface area contributed by atoms with E-state index in [1.807, 2.05) is 0 Å². The molecule has 1 aromatic carbocycles. The van der Waals surface area contributed by atoms with Crippen LogP contribution in [0.25, 0.3) is 0 Å². The molecule has 0 radical (unpaired) electrons. The van der Waals surface area contributed by atoms with Gasteiger partial charge in [0.15, 0.2) is 0 Å². The topological polar surface area (TPSA) is 177 Å². The third-order valence-corrected chi connectivity index (χ3v) is 4.28. The lowest BCUT2D eigenvalue weighted by molar-refractivity contribution is -1.12. The second-order valence-corrected chi connectivity index (χ2v) is 6.46. The van der Waals surface area contributed by atoms with Gasteiger partial charge >= 0.3 is 23.8 Å². The number of hydrogen-bond acceptors (Lipinski definition) is 10. The summed E-state index contributed by atoms with van der Waals surface area (Å²) in [6.45, 7) is -0.0779. The lowest BCUT2D eigenvalue weighted by Gasteiger charge is -2.15. The van der Waals surface area contributed by atoms with Crippen LogP contribution in [0.4, 0.5) is 0 Å². The van der Waals surface area contributed by atoms with E-state index >= 15 is 0 Å². The molecule has 162 valence electrons. The van der Waals surface area contributed by atoms with Gasteiger partial charge in [0, 0.05) is 13.0 Å². The first-order chi connectivity index (χ1) is 14.1. The van der Waals surface area contributed by atoms with Gasteiger partial charge < -0.3 is 20.3 Å². The summed E-state index contributed by atoms with van der Waals surface area (Å²) in [5, 5.41) is 31.9. The zero-order valence-electron chi connectivity index (χ0n) is 16.0. The lowest BCUT2D eigenvalue weighted by atomic mass is 10.1. The summed E-state index contributed by atoms with van der Waals surface area (Å²) in [7, 11) is 1.09. The zero-order valence-corrected chi connectivity index (χ0v) is 16.0. The molecule has 1 aliphatic rings. The maximum Gasteiger partial charge on any atom is 0.397 e.